The molecule has 1 aliphatic heterocycles. The number of tetrazole rings is 1. The maximum Gasteiger partial charge on any atom is 0.407 e. The lowest BCUT2D eigenvalue weighted by Gasteiger charge is -2.39. The van der Waals surface area contributed by atoms with Crippen LogP contribution in [0.2, 0.25) is 18.1 Å². The molecule has 24 heteroatoms. The molecule has 0 bridgehead atoms. The molecule has 1 aromatic heterocycles. The molecule has 20 nitrogen and oxygen atoms in total. The fourth-order valence-electron chi connectivity index (χ4n) is 8.11. The van der Waals surface area contributed by atoms with Gasteiger partial charge in [0.2, 0.25) is 25.9 Å². The molecule has 1 saturated heterocycles. The number of benzene rings is 4. The second-order valence-corrected chi connectivity index (χ2v) is 31.3. The predicted molar refractivity (Wildman–Crippen MR) is 293 cm³/mol. The molecule has 1 atom stereocenters. The summed E-state index contributed by atoms with van der Waals surface area (Å²) in [7, 11) is -14.4. The number of aromatic nitrogens is 4. The van der Waals surface area contributed by atoms with Crippen molar-refractivity contribution in [2.45, 2.75) is 114 Å². The maximum absolute atomic E-state index is 16.2. The van der Waals surface area contributed by atoms with Crippen LogP contribution in [0, 0.1) is 5.92 Å². The van der Waals surface area contributed by atoms with E-state index in [1.54, 1.807) is 94.6 Å². The topological polar surface area (TPSA) is 240 Å². The van der Waals surface area contributed by atoms with Crippen LogP contribution in [0.3, 0.4) is 0 Å². The SMILES string of the molecule is COc1ccc(Cn2nnc(-c3c(N4CCC(COCCOS(C)(=O)=O)CC4)ccc(S(=O)(=O)NCC(CNC(=O)OC(C)(C)C)O[Si](C)(C)C(C)(C)C)c3S(=O)(=O)N(Cc3ccccc3)Cc3ccccc3)n2)cc1. The number of nitrogens with zero attached hydrogens (tertiary/aromatic N) is 6. The van der Waals surface area contributed by atoms with Crippen molar-refractivity contribution < 1.29 is 52.9 Å². The standard InChI is InChI=1S/C52H74N8O12S3Si/c1-51(2,3)71-50(61)53-33-44(72-76(9,10)52(4,5)6)34-54-74(64,65)46-26-25-45(58-29-27-42(28-30-58)38-69-31-32-70-73(8,62)63)47(49-55-57-60(56-49)37-41-21-23-43(68-7)24-22-41)48(46)75(66,67)59(35-39-17-13-11-14-18-39)36-40-19-15-12-16-20-40/h11-26,42,44,54H,27-38H2,1-10H3,(H,53,61). The Morgan fingerprint density at radius 3 is 1.96 bits per heavy atom. The lowest BCUT2D eigenvalue weighted by atomic mass is 9.96. The van der Waals surface area contributed by atoms with Crippen LogP contribution in [0.1, 0.15) is 71.1 Å². The number of rotatable bonds is 25. The van der Waals surface area contributed by atoms with Crippen molar-refractivity contribution in [3.63, 3.8) is 0 Å². The second-order valence-electron chi connectivity index (χ2n) is 21.3. The Kier molecular flexibility index (Phi) is 20.1. The number of piperidine rings is 1. The highest BCUT2D eigenvalue weighted by atomic mass is 32.2. The van der Waals surface area contributed by atoms with E-state index in [0.29, 0.717) is 55.1 Å². The van der Waals surface area contributed by atoms with Gasteiger partial charge in [-0.15, -0.1) is 10.2 Å². The highest BCUT2D eigenvalue weighted by molar-refractivity contribution is 7.92. The Bertz CT molecular complexity index is 3000. The number of hydrogen-bond donors (Lipinski definition) is 2. The van der Waals surface area contributed by atoms with Gasteiger partial charge in [-0.1, -0.05) is 93.6 Å². The first kappa shape index (κ1) is 59.9. The number of methoxy groups -OCH3 is 1. The summed E-state index contributed by atoms with van der Waals surface area (Å²) in [6.45, 7) is 15.8. The van der Waals surface area contributed by atoms with Crippen molar-refractivity contribution in [3.05, 3.63) is 114 Å². The van der Waals surface area contributed by atoms with Crippen LogP contribution in [0.5, 0.6) is 5.75 Å². The van der Waals surface area contributed by atoms with Crippen LogP contribution < -0.4 is 19.7 Å². The third kappa shape index (κ3) is 17.1. The highest BCUT2D eigenvalue weighted by Crippen LogP contribution is 2.43. The minimum Gasteiger partial charge on any atom is -0.497 e. The molecule has 2 N–H and O–H groups in total. The summed E-state index contributed by atoms with van der Waals surface area (Å²) in [5, 5.41) is 16.1. The second kappa shape index (κ2) is 25.4. The van der Waals surface area contributed by atoms with E-state index in [-0.39, 0.29) is 68.3 Å². The van der Waals surface area contributed by atoms with Crippen molar-refractivity contribution in [1.29, 1.82) is 0 Å². The van der Waals surface area contributed by atoms with Gasteiger partial charge in [-0.25, -0.2) is 26.4 Å². The van der Waals surface area contributed by atoms with Crippen LogP contribution >= 0.6 is 0 Å². The first-order chi connectivity index (χ1) is 35.6. The minimum atomic E-state index is -4.89. The van der Waals surface area contributed by atoms with Crippen LogP contribution in [-0.2, 0) is 67.9 Å². The maximum atomic E-state index is 16.2. The number of anilines is 1. The molecular weight excluding hydrogens is 1050 g/mol. The largest absolute Gasteiger partial charge is 0.497 e. The number of ether oxygens (including phenoxy) is 3. The predicted octanol–water partition coefficient (Wildman–Crippen LogP) is 7.19. The van der Waals surface area contributed by atoms with Gasteiger partial charge in [-0.05, 0) is 104 Å². The number of carbonyl (C=O) groups is 1. The number of carbonyl (C=O) groups excluding carboxylic acids is 1. The summed E-state index contributed by atoms with van der Waals surface area (Å²) in [5.74, 6) is 0.578. The molecule has 4 aromatic carbocycles. The highest BCUT2D eigenvalue weighted by Gasteiger charge is 2.42. The first-order valence-corrected chi connectivity index (χ1v) is 32.8. The first-order valence-electron chi connectivity index (χ1n) is 25.1. The zero-order chi connectivity index (χ0) is 55.5. The summed E-state index contributed by atoms with van der Waals surface area (Å²) in [6.07, 6.45) is 0.534. The number of amides is 1. The van der Waals surface area contributed by atoms with Gasteiger partial charge in [0.05, 0.1) is 44.8 Å². The van der Waals surface area contributed by atoms with E-state index in [4.69, 9.17) is 27.9 Å². The van der Waals surface area contributed by atoms with Crippen LogP contribution in [0.4, 0.5) is 10.5 Å². The van der Waals surface area contributed by atoms with Crippen LogP contribution in [-0.4, -0.2) is 135 Å². The van der Waals surface area contributed by atoms with Gasteiger partial charge in [-0.3, -0.25) is 4.18 Å². The Balaban J connectivity index is 1.50. The zero-order valence-corrected chi connectivity index (χ0v) is 48.6. The van der Waals surface area contributed by atoms with E-state index in [1.165, 1.54) is 15.2 Å². The van der Waals surface area contributed by atoms with Crippen molar-refractivity contribution >= 4 is 50.3 Å². The number of sulfonamides is 2. The molecule has 0 spiro atoms. The average Bonchev–Trinajstić information content (AvgIpc) is 3.82. The molecule has 416 valence electrons. The van der Waals surface area contributed by atoms with Gasteiger partial charge in [-0.2, -0.15) is 17.5 Å². The normalized spacial score (nSPS) is 14.7. The molecule has 0 saturated carbocycles. The molecule has 76 heavy (non-hydrogen) atoms. The van der Waals surface area contributed by atoms with E-state index in [9.17, 15) is 13.2 Å². The number of nitrogens with one attached hydrogen (secondary N) is 2. The summed E-state index contributed by atoms with van der Waals surface area (Å²) in [4.78, 5) is 15.2. The Labute approximate surface area is 450 Å². The molecular formula is C52H74N8O12S3Si. The van der Waals surface area contributed by atoms with E-state index in [2.05, 4.69) is 20.4 Å². The molecule has 1 amide bonds. The lowest BCUT2D eigenvalue weighted by Crippen LogP contribution is -2.51. The summed E-state index contributed by atoms with van der Waals surface area (Å²) >= 11 is 0. The molecule has 0 aliphatic carbocycles. The van der Waals surface area contributed by atoms with Crippen molar-refractivity contribution in [3.8, 4) is 17.1 Å². The average molecular weight is 1130 g/mol. The van der Waals surface area contributed by atoms with E-state index in [0.717, 1.165) is 11.8 Å². The fraction of sp³-hybridized carbons (Fsp3) is 0.500. The third-order valence-corrected chi connectivity index (χ3v) is 21.6. The van der Waals surface area contributed by atoms with E-state index < -0.39 is 66.1 Å². The van der Waals surface area contributed by atoms with Gasteiger partial charge >= 0.3 is 6.09 Å². The molecule has 5 aromatic rings. The zero-order valence-electron chi connectivity index (χ0n) is 45.2. The number of alkyl carbamates (subject to hydrolysis) is 1. The quantitative estimate of drug-likeness (QED) is 0.0334. The van der Waals surface area contributed by atoms with Gasteiger partial charge in [0.1, 0.15) is 21.1 Å². The lowest BCUT2D eigenvalue weighted by molar-refractivity contribution is 0.0498. The summed E-state index contributed by atoms with van der Waals surface area (Å²) in [5.41, 5.74) is 1.59. The molecule has 0 radical (unpaired) electrons. The van der Waals surface area contributed by atoms with Crippen molar-refractivity contribution in [2.24, 2.45) is 5.92 Å². The third-order valence-electron chi connectivity index (χ3n) is 13.0. The van der Waals surface area contributed by atoms with Gasteiger partial charge in [0.25, 0.3) is 10.1 Å². The van der Waals surface area contributed by atoms with Gasteiger partial charge in [0, 0.05) is 51.6 Å². The molecule has 6 rings (SSSR count). The fourth-order valence-corrected chi connectivity index (χ4v) is 13.3. The minimum absolute atomic E-state index is 0.0621. The summed E-state index contributed by atoms with van der Waals surface area (Å²) < 4.78 is 118. The molecule has 1 unspecified atom stereocenters. The van der Waals surface area contributed by atoms with Crippen molar-refractivity contribution in [2.75, 3.05) is 64.3 Å². The van der Waals surface area contributed by atoms with Gasteiger partial charge < -0.3 is 28.9 Å². The molecule has 1 fully saturated rings. The van der Waals surface area contributed by atoms with E-state index in [1.807, 2.05) is 63.0 Å². The molecule has 2 heterocycles. The van der Waals surface area contributed by atoms with E-state index >= 15 is 16.8 Å². The Morgan fingerprint density at radius 1 is 0.803 bits per heavy atom. The smallest absolute Gasteiger partial charge is 0.407 e. The summed E-state index contributed by atoms with van der Waals surface area (Å²) in [6, 6.07) is 28.2. The Morgan fingerprint density at radius 2 is 1.41 bits per heavy atom. The number of hydrogen-bond acceptors (Lipinski definition) is 16. The van der Waals surface area contributed by atoms with Crippen LogP contribution in [0.15, 0.2) is 107 Å². The van der Waals surface area contributed by atoms with Crippen molar-refractivity contribution in [1.82, 2.24) is 34.6 Å². The molecule has 1 aliphatic rings. The van der Waals surface area contributed by atoms with Gasteiger partial charge in [0.15, 0.2) is 8.32 Å². The Hall–Kier alpha value is -5.31. The monoisotopic (exact) mass is 1130 g/mol. The van der Waals surface area contributed by atoms with Crippen LogP contribution in [0.25, 0.3) is 11.4 Å².